The molecule has 2 aromatic carbocycles. The van der Waals surface area contributed by atoms with E-state index in [4.69, 9.17) is 10.5 Å². The second-order valence-electron chi connectivity index (χ2n) is 13.5. The van der Waals surface area contributed by atoms with E-state index in [0.717, 1.165) is 77.6 Å². The fourth-order valence-electron chi connectivity index (χ4n) is 7.53. The molecular weight excluding hydrogens is 742 g/mol. The summed E-state index contributed by atoms with van der Waals surface area (Å²) in [5.74, 6) is -0.155. The highest BCUT2D eigenvalue weighted by molar-refractivity contribution is 9.11. The highest BCUT2D eigenvalue weighted by Gasteiger charge is 2.36. The lowest BCUT2D eigenvalue weighted by Gasteiger charge is -2.40. The molecule has 0 radical (unpaired) electrons. The number of hydrogen-bond acceptors (Lipinski definition) is 7. The molecule has 3 N–H and O–H groups in total. The van der Waals surface area contributed by atoms with Gasteiger partial charge in [-0.3, -0.25) is 9.69 Å². The van der Waals surface area contributed by atoms with Crippen molar-refractivity contribution in [2.75, 3.05) is 77.0 Å². The molecule has 0 aromatic heterocycles. The van der Waals surface area contributed by atoms with Crippen LogP contribution in [0.3, 0.4) is 0 Å². The van der Waals surface area contributed by atoms with Gasteiger partial charge in [0.15, 0.2) is 6.10 Å². The first-order valence-corrected chi connectivity index (χ1v) is 18.8. The van der Waals surface area contributed by atoms with Gasteiger partial charge in [0.05, 0.1) is 5.69 Å². The number of piperidine rings is 2. The maximum absolute atomic E-state index is 14.1. The molecule has 0 unspecified atom stereocenters. The minimum absolute atomic E-state index is 0.0242. The van der Waals surface area contributed by atoms with Crippen molar-refractivity contribution < 1.29 is 19.1 Å². The number of para-hydroxylation sites is 1. The molecule has 6 rings (SSSR count). The standard InChI is InChI=1S/C35H47Br2N7O4/c1-40-12-4-13-41(20-19-40)26-8-14-42(15-9-26)33(45)31(23-24-21-28(36)32(38)29(37)22-24)48-35(47)43-16-10-27(11-17-43)44-18-7-25-5-2-3-6-30(25)39-34(44)46/h2-3,5-6,21-22,26-27,31H,4,7-20,23,38H2,1H3,(H,39,46)/t31-/m1/s1. The predicted molar refractivity (Wildman–Crippen MR) is 194 cm³/mol. The van der Waals surface area contributed by atoms with E-state index in [-0.39, 0.29) is 24.4 Å². The van der Waals surface area contributed by atoms with Gasteiger partial charge >= 0.3 is 12.1 Å². The van der Waals surface area contributed by atoms with E-state index in [0.29, 0.717) is 57.3 Å². The Labute approximate surface area is 300 Å². The number of nitrogens with zero attached hydrogens (tertiary/aromatic N) is 5. The average molecular weight is 790 g/mol. The van der Waals surface area contributed by atoms with Gasteiger partial charge in [-0.15, -0.1) is 0 Å². The van der Waals surface area contributed by atoms with Gasteiger partial charge in [-0.25, -0.2) is 9.59 Å². The molecule has 3 saturated heterocycles. The van der Waals surface area contributed by atoms with Crippen molar-refractivity contribution in [2.24, 2.45) is 0 Å². The van der Waals surface area contributed by atoms with Crippen LogP contribution < -0.4 is 11.1 Å². The Morgan fingerprint density at radius 1 is 0.896 bits per heavy atom. The van der Waals surface area contributed by atoms with Crippen molar-refractivity contribution in [1.29, 1.82) is 0 Å². The highest BCUT2D eigenvalue weighted by Crippen LogP contribution is 2.31. The number of likely N-dealkylation sites (N-methyl/N-ethyl adjacent to an activating group) is 1. The van der Waals surface area contributed by atoms with E-state index >= 15 is 0 Å². The van der Waals surface area contributed by atoms with Crippen LogP contribution in [0.15, 0.2) is 45.3 Å². The van der Waals surface area contributed by atoms with Crippen LogP contribution in [0.4, 0.5) is 21.0 Å². The number of fused-ring (bicyclic) bond motifs is 1. The molecule has 48 heavy (non-hydrogen) atoms. The number of carbonyl (C=O) groups excluding carboxylic acids is 3. The minimum Gasteiger partial charge on any atom is -0.436 e. The minimum atomic E-state index is -0.962. The summed E-state index contributed by atoms with van der Waals surface area (Å²) in [5.41, 5.74) is 9.54. The number of urea groups is 1. The van der Waals surface area contributed by atoms with Crippen LogP contribution in [0.5, 0.6) is 0 Å². The van der Waals surface area contributed by atoms with Crippen molar-refractivity contribution in [1.82, 2.24) is 24.5 Å². The monoisotopic (exact) mass is 787 g/mol. The summed E-state index contributed by atoms with van der Waals surface area (Å²) in [6.45, 7) is 7.18. The Balaban J connectivity index is 1.08. The number of anilines is 2. The number of amides is 4. The fraction of sp³-hybridized carbons (Fsp3) is 0.571. The van der Waals surface area contributed by atoms with Crippen LogP contribution in [0.1, 0.15) is 43.2 Å². The van der Waals surface area contributed by atoms with Crippen LogP contribution in [0, 0.1) is 0 Å². The number of hydrogen-bond donors (Lipinski definition) is 2. The zero-order valence-electron chi connectivity index (χ0n) is 27.7. The molecule has 13 heteroatoms. The largest absolute Gasteiger partial charge is 0.436 e. The highest BCUT2D eigenvalue weighted by atomic mass is 79.9. The molecule has 0 spiro atoms. The smallest absolute Gasteiger partial charge is 0.410 e. The van der Waals surface area contributed by atoms with Crippen LogP contribution in [-0.4, -0.2) is 127 Å². The molecule has 4 aliphatic rings. The molecule has 11 nitrogen and oxygen atoms in total. The maximum atomic E-state index is 14.1. The van der Waals surface area contributed by atoms with Gasteiger partial charge in [0.25, 0.3) is 5.91 Å². The number of nitrogens with one attached hydrogen (secondary N) is 1. The quantitative estimate of drug-likeness (QED) is 0.396. The van der Waals surface area contributed by atoms with E-state index in [9.17, 15) is 14.4 Å². The number of rotatable bonds is 6. The lowest BCUT2D eigenvalue weighted by molar-refractivity contribution is -0.142. The number of ether oxygens (including phenoxy) is 1. The van der Waals surface area contributed by atoms with Gasteiger partial charge in [0.1, 0.15) is 0 Å². The first-order valence-electron chi connectivity index (χ1n) is 17.2. The summed E-state index contributed by atoms with van der Waals surface area (Å²) in [5, 5.41) is 3.05. The molecule has 260 valence electrons. The summed E-state index contributed by atoms with van der Waals surface area (Å²) in [4.78, 5) is 51.2. The number of halogens is 2. The number of benzene rings is 2. The molecular formula is C35H47Br2N7O4. The van der Waals surface area contributed by atoms with Gasteiger partial charge < -0.3 is 35.4 Å². The van der Waals surface area contributed by atoms with Crippen molar-refractivity contribution in [3.05, 3.63) is 56.5 Å². The van der Waals surface area contributed by atoms with Crippen LogP contribution in [0.2, 0.25) is 0 Å². The van der Waals surface area contributed by atoms with Crippen molar-refractivity contribution in [3.8, 4) is 0 Å². The van der Waals surface area contributed by atoms with Crippen LogP contribution in [0.25, 0.3) is 0 Å². The third-order valence-corrected chi connectivity index (χ3v) is 11.7. The number of carbonyl (C=O) groups is 3. The fourth-order valence-corrected chi connectivity index (χ4v) is 8.81. The predicted octanol–water partition coefficient (Wildman–Crippen LogP) is 5.02. The van der Waals surface area contributed by atoms with E-state index in [1.165, 1.54) is 0 Å². The molecule has 4 aliphatic heterocycles. The Kier molecular flexibility index (Phi) is 11.5. The van der Waals surface area contributed by atoms with Crippen molar-refractivity contribution in [2.45, 2.75) is 63.1 Å². The maximum Gasteiger partial charge on any atom is 0.410 e. The zero-order valence-corrected chi connectivity index (χ0v) is 30.9. The molecule has 4 amide bonds. The Morgan fingerprint density at radius 3 is 2.29 bits per heavy atom. The normalized spacial score (nSPS) is 21.2. The summed E-state index contributed by atoms with van der Waals surface area (Å²) >= 11 is 7.03. The molecule has 0 bridgehead atoms. The molecule has 4 heterocycles. The van der Waals surface area contributed by atoms with E-state index in [1.54, 1.807) is 4.90 Å². The summed E-state index contributed by atoms with van der Waals surface area (Å²) in [6.07, 6.45) is 3.86. The van der Waals surface area contributed by atoms with Gasteiger partial charge in [0, 0.05) is 79.0 Å². The Morgan fingerprint density at radius 2 is 1.56 bits per heavy atom. The lowest BCUT2D eigenvalue weighted by Crippen LogP contribution is -2.52. The lowest BCUT2D eigenvalue weighted by atomic mass is 10.0. The van der Waals surface area contributed by atoms with E-state index < -0.39 is 12.2 Å². The number of nitrogen functional groups attached to an aromatic ring is 1. The number of nitrogens with two attached hydrogens (primary N) is 1. The average Bonchev–Trinajstić information content (AvgIpc) is 3.41. The molecule has 3 fully saturated rings. The molecule has 2 aromatic rings. The van der Waals surface area contributed by atoms with Gasteiger partial charge in [-0.05, 0) is 120 Å². The Bertz CT molecular complexity index is 1460. The molecule has 1 atom stereocenters. The second kappa shape index (κ2) is 15.8. The number of likely N-dealkylation sites (tertiary alicyclic amines) is 2. The third kappa shape index (κ3) is 8.28. The van der Waals surface area contributed by atoms with Crippen LogP contribution >= 0.6 is 31.9 Å². The SMILES string of the molecule is CN1CCCN(C2CCN(C(=O)[C@@H](Cc3cc(Br)c(N)c(Br)c3)OC(=O)N3CCC(N4CCc5ccccc5NC4=O)CC3)CC2)CC1. The zero-order chi connectivity index (χ0) is 33.8. The second-order valence-corrected chi connectivity index (χ2v) is 15.3. The van der Waals surface area contributed by atoms with Gasteiger partial charge in [-0.2, -0.15) is 0 Å². The van der Waals surface area contributed by atoms with Crippen molar-refractivity contribution >= 4 is 61.3 Å². The van der Waals surface area contributed by atoms with Gasteiger partial charge in [0.2, 0.25) is 0 Å². The summed E-state index contributed by atoms with van der Waals surface area (Å²) < 4.78 is 7.52. The van der Waals surface area contributed by atoms with Crippen molar-refractivity contribution in [3.63, 3.8) is 0 Å². The molecule has 0 aliphatic carbocycles. The summed E-state index contributed by atoms with van der Waals surface area (Å²) in [7, 11) is 2.18. The third-order valence-electron chi connectivity index (χ3n) is 10.4. The first-order chi connectivity index (χ1) is 23.2. The Hall–Kier alpha value is -2.87. The summed E-state index contributed by atoms with van der Waals surface area (Å²) in [6, 6.07) is 12.1. The molecule has 0 saturated carbocycles. The topological polar surface area (TPSA) is 115 Å². The van der Waals surface area contributed by atoms with E-state index in [2.05, 4.69) is 54.0 Å². The first kappa shape index (κ1) is 35.0. The van der Waals surface area contributed by atoms with Crippen LogP contribution in [-0.2, 0) is 22.4 Å². The van der Waals surface area contributed by atoms with E-state index in [1.807, 2.05) is 46.2 Å². The van der Waals surface area contributed by atoms with Gasteiger partial charge in [-0.1, -0.05) is 18.2 Å².